The molecule has 0 aliphatic rings. The Morgan fingerprint density at radius 2 is 1.00 bits per heavy atom. The van der Waals surface area contributed by atoms with Crippen molar-refractivity contribution >= 4 is 65.2 Å². The minimum Gasteiger partial charge on any atom is -0.258 e. The normalized spacial score (nSPS) is 11.6. The molecule has 0 aliphatic heterocycles. The van der Waals surface area contributed by atoms with Crippen molar-refractivity contribution in [3.8, 4) is 0 Å². The van der Waals surface area contributed by atoms with Gasteiger partial charge in [-0.05, 0) is 54.5 Å². The van der Waals surface area contributed by atoms with Gasteiger partial charge >= 0.3 is 11.4 Å². The lowest BCUT2D eigenvalue weighted by molar-refractivity contribution is -0.421. The summed E-state index contributed by atoms with van der Waals surface area (Å²) in [6, 6.07) is 26.6. The third-order valence-electron chi connectivity index (χ3n) is 6.20. The van der Waals surface area contributed by atoms with Crippen LogP contribution in [0.3, 0.4) is 0 Å². The van der Waals surface area contributed by atoms with Crippen molar-refractivity contribution in [2.45, 2.75) is 0 Å². The summed E-state index contributed by atoms with van der Waals surface area (Å²) in [7, 11) is 0. The van der Waals surface area contributed by atoms with Gasteiger partial charge in [-0.1, -0.05) is 72.8 Å². The van der Waals surface area contributed by atoms with E-state index >= 15 is 0 Å². The number of fused-ring (bicyclic) bond motifs is 10. The lowest BCUT2D eigenvalue weighted by atomic mass is 9.88. The van der Waals surface area contributed by atoms with Crippen molar-refractivity contribution in [1.29, 1.82) is 0 Å². The monoisotopic (exact) mass is 418 g/mol. The van der Waals surface area contributed by atoms with Crippen LogP contribution in [0.5, 0.6) is 0 Å². The van der Waals surface area contributed by atoms with Crippen LogP contribution in [-0.4, -0.2) is 9.85 Å². The Hall–Kier alpha value is -4.58. The highest BCUT2D eigenvalue weighted by atomic mass is 16.6. The van der Waals surface area contributed by atoms with E-state index in [2.05, 4.69) is 24.3 Å². The van der Waals surface area contributed by atoms with Gasteiger partial charge in [0.2, 0.25) is 0 Å². The summed E-state index contributed by atoms with van der Waals surface area (Å²) in [6.07, 6.45) is 0. The Labute approximate surface area is 180 Å². The fourth-order valence-electron chi connectivity index (χ4n) is 4.93. The highest BCUT2D eigenvalue weighted by Gasteiger charge is 2.29. The summed E-state index contributed by atoms with van der Waals surface area (Å²) in [4.78, 5) is 22.3. The number of hydrogen-bond acceptors (Lipinski definition) is 4. The van der Waals surface area contributed by atoms with Gasteiger partial charge < -0.3 is 0 Å². The van der Waals surface area contributed by atoms with Crippen LogP contribution in [0.1, 0.15) is 0 Å². The molecule has 0 aliphatic carbocycles. The average molecular weight is 418 g/mol. The van der Waals surface area contributed by atoms with Crippen LogP contribution in [-0.2, 0) is 0 Å². The van der Waals surface area contributed by atoms with E-state index in [0.717, 1.165) is 37.7 Å². The van der Waals surface area contributed by atoms with E-state index in [9.17, 15) is 20.2 Å². The number of benzene rings is 6. The summed E-state index contributed by atoms with van der Waals surface area (Å²) < 4.78 is 0. The van der Waals surface area contributed by atoms with E-state index < -0.39 is 21.2 Å². The smallest absolute Gasteiger partial charge is 0.258 e. The van der Waals surface area contributed by atoms with Gasteiger partial charge in [-0.25, -0.2) is 0 Å². The maximum atomic E-state index is 12.0. The number of nitro groups is 2. The van der Waals surface area contributed by atoms with E-state index in [-0.39, 0.29) is 0 Å². The second kappa shape index (κ2) is 6.46. The first-order valence-electron chi connectivity index (χ1n) is 10.1. The highest BCUT2D eigenvalue weighted by molar-refractivity contribution is 6.36. The second-order valence-electron chi connectivity index (χ2n) is 7.79. The van der Waals surface area contributed by atoms with Gasteiger partial charge in [0.05, 0.1) is 15.2 Å². The highest BCUT2D eigenvalue weighted by Crippen LogP contribution is 2.46. The maximum Gasteiger partial charge on any atom is 0.354 e. The molecule has 6 nitrogen and oxygen atoms in total. The fraction of sp³-hybridized carbons (Fsp3) is 0. The average Bonchev–Trinajstić information content (AvgIpc) is 2.82. The Bertz CT molecular complexity index is 1770. The van der Waals surface area contributed by atoms with Crippen molar-refractivity contribution in [2.75, 3.05) is 0 Å². The first kappa shape index (κ1) is 18.2. The number of nitrogens with zero attached hydrogens (tertiary/aromatic N) is 2. The number of nitro benzene ring substituents is 2. The fourth-order valence-corrected chi connectivity index (χ4v) is 4.93. The summed E-state index contributed by atoms with van der Waals surface area (Å²) in [6.45, 7) is 0. The summed E-state index contributed by atoms with van der Waals surface area (Å²) in [5.74, 6) is 0. The molecule has 0 saturated heterocycles. The Morgan fingerprint density at radius 3 is 1.72 bits per heavy atom. The zero-order valence-corrected chi connectivity index (χ0v) is 16.6. The first-order chi connectivity index (χ1) is 15.6. The molecular formula is C26H14N2O4. The van der Waals surface area contributed by atoms with Crippen molar-refractivity contribution in [3.63, 3.8) is 0 Å². The van der Waals surface area contributed by atoms with Gasteiger partial charge in [-0.2, -0.15) is 0 Å². The van der Waals surface area contributed by atoms with Gasteiger partial charge in [0, 0.05) is 6.07 Å². The van der Waals surface area contributed by atoms with Crippen molar-refractivity contribution in [3.05, 3.63) is 105 Å². The summed E-state index contributed by atoms with van der Waals surface area (Å²) >= 11 is 0. The van der Waals surface area contributed by atoms with E-state index in [1.807, 2.05) is 36.4 Å². The molecule has 0 spiro atoms. The van der Waals surface area contributed by atoms with E-state index in [4.69, 9.17) is 0 Å². The molecule has 6 rings (SSSR count). The molecule has 0 saturated carbocycles. The molecule has 6 aromatic rings. The Kier molecular flexibility index (Phi) is 3.67. The summed E-state index contributed by atoms with van der Waals surface area (Å²) in [5.41, 5.74) is -0.971. The molecule has 0 radical (unpaired) electrons. The largest absolute Gasteiger partial charge is 0.354 e. The molecule has 0 amide bonds. The van der Waals surface area contributed by atoms with Crippen molar-refractivity contribution in [2.24, 2.45) is 0 Å². The van der Waals surface area contributed by atoms with Gasteiger partial charge in [0.15, 0.2) is 0 Å². The van der Waals surface area contributed by atoms with Gasteiger partial charge in [-0.3, -0.25) is 20.2 Å². The van der Waals surface area contributed by atoms with Crippen LogP contribution in [0.4, 0.5) is 11.4 Å². The molecule has 0 bridgehead atoms. The van der Waals surface area contributed by atoms with Crippen LogP contribution in [0, 0.1) is 20.2 Å². The molecule has 6 heteroatoms. The molecule has 0 heterocycles. The van der Waals surface area contributed by atoms with E-state index in [0.29, 0.717) is 16.2 Å². The van der Waals surface area contributed by atoms with Crippen LogP contribution in [0.15, 0.2) is 84.9 Å². The lowest BCUT2D eigenvalue weighted by Gasteiger charge is -2.14. The minimum absolute atomic E-state index is 0.298. The SMILES string of the molecule is O=[N+]([O-])c1ccc2c3ccc4ccc5ccccc5c4c3c3ccccc3c2c1[N+](=O)[O-]. The zero-order valence-electron chi connectivity index (χ0n) is 16.6. The van der Waals surface area contributed by atoms with Crippen LogP contribution >= 0.6 is 0 Å². The Balaban J connectivity index is 2.00. The molecule has 32 heavy (non-hydrogen) atoms. The zero-order chi connectivity index (χ0) is 22.0. The molecule has 0 unspecified atom stereocenters. The van der Waals surface area contributed by atoms with Crippen LogP contribution in [0.2, 0.25) is 0 Å². The first-order valence-corrected chi connectivity index (χ1v) is 10.1. The van der Waals surface area contributed by atoms with E-state index in [1.165, 1.54) is 6.07 Å². The topological polar surface area (TPSA) is 86.3 Å². The predicted molar refractivity (Wildman–Crippen MR) is 127 cm³/mol. The second-order valence-corrected chi connectivity index (χ2v) is 7.79. The Morgan fingerprint density at radius 1 is 0.469 bits per heavy atom. The summed E-state index contributed by atoms with van der Waals surface area (Å²) in [5, 5.41) is 32.2. The van der Waals surface area contributed by atoms with Gasteiger partial charge in [0.1, 0.15) is 0 Å². The van der Waals surface area contributed by atoms with E-state index in [1.54, 1.807) is 18.2 Å². The van der Waals surface area contributed by atoms with Crippen LogP contribution < -0.4 is 0 Å². The van der Waals surface area contributed by atoms with Gasteiger partial charge in [-0.15, -0.1) is 0 Å². The predicted octanol–water partition coefficient (Wildman–Crippen LogP) is 7.27. The number of hydrogen-bond donors (Lipinski definition) is 0. The molecule has 0 atom stereocenters. The molecule has 152 valence electrons. The van der Waals surface area contributed by atoms with Crippen molar-refractivity contribution in [1.82, 2.24) is 0 Å². The quantitative estimate of drug-likeness (QED) is 0.168. The molecule has 6 aromatic carbocycles. The van der Waals surface area contributed by atoms with Gasteiger partial charge in [0.25, 0.3) is 0 Å². The molecule has 0 aromatic heterocycles. The standard InChI is InChI=1S/C26H14N2O4/c29-27(30)22-14-13-21-20-12-11-16-10-9-15-5-1-2-6-17(15)23(16)24(20)18-7-3-4-8-19(18)25(21)26(22)28(31)32/h1-14H. The molecular weight excluding hydrogens is 404 g/mol. The molecule has 0 fully saturated rings. The minimum atomic E-state index is -0.690. The molecule has 0 N–H and O–H groups in total. The van der Waals surface area contributed by atoms with Crippen molar-refractivity contribution < 1.29 is 9.85 Å². The van der Waals surface area contributed by atoms with Crippen LogP contribution in [0.25, 0.3) is 53.9 Å². The number of rotatable bonds is 2. The maximum absolute atomic E-state index is 12.0. The third-order valence-corrected chi connectivity index (χ3v) is 6.20. The lowest BCUT2D eigenvalue weighted by Crippen LogP contribution is -1.98. The third kappa shape index (κ3) is 2.34.